The number of nitrogens with zero attached hydrogens (tertiary/aromatic N) is 5. The first kappa shape index (κ1) is 17.5. The van der Waals surface area contributed by atoms with Gasteiger partial charge >= 0.3 is 5.97 Å². The first-order valence-corrected chi connectivity index (χ1v) is 8.47. The van der Waals surface area contributed by atoms with Crippen LogP contribution in [0.3, 0.4) is 0 Å². The van der Waals surface area contributed by atoms with Crippen LogP contribution in [0, 0.1) is 10.1 Å². The van der Waals surface area contributed by atoms with E-state index in [1.165, 1.54) is 16.8 Å². The number of benzene rings is 2. The van der Waals surface area contributed by atoms with Crippen molar-refractivity contribution >= 4 is 23.4 Å². The second-order valence-corrected chi connectivity index (χ2v) is 6.02. The number of rotatable bonds is 7. The molecule has 132 valence electrons. The van der Waals surface area contributed by atoms with Crippen molar-refractivity contribution in [1.82, 2.24) is 20.2 Å². The molecule has 0 N–H and O–H groups in total. The van der Waals surface area contributed by atoms with Crippen molar-refractivity contribution in [1.29, 1.82) is 0 Å². The molecule has 0 radical (unpaired) electrons. The number of hydrogen-bond acceptors (Lipinski definition) is 8. The second kappa shape index (κ2) is 8.21. The number of esters is 1. The van der Waals surface area contributed by atoms with Crippen LogP contribution >= 0.6 is 11.8 Å². The highest BCUT2D eigenvalue weighted by molar-refractivity contribution is 7.99. The van der Waals surface area contributed by atoms with Gasteiger partial charge in [-0.3, -0.25) is 14.9 Å². The van der Waals surface area contributed by atoms with E-state index < -0.39 is 10.9 Å². The number of nitro groups is 1. The summed E-state index contributed by atoms with van der Waals surface area (Å²) in [6.45, 7) is 0.0427. The Hall–Kier alpha value is -3.27. The minimum absolute atomic E-state index is 0.0108. The maximum atomic E-state index is 11.9. The Bertz CT molecular complexity index is 899. The zero-order chi connectivity index (χ0) is 18.4. The Kier molecular flexibility index (Phi) is 5.54. The smallest absolute Gasteiger partial charge is 0.316 e. The summed E-state index contributed by atoms with van der Waals surface area (Å²) < 4.78 is 6.70. The van der Waals surface area contributed by atoms with E-state index >= 15 is 0 Å². The van der Waals surface area contributed by atoms with E-state index in [0.29, 0.717) is 10.7 Å². The molecule has 0 unspecified atom stereocenters. The van der Waals surface area contributed by atoms with Gasteiger partial charge in [-0.05, 0) is 40.3 Å². The van der Waals surface area contributed by atoms with E-state index in [4.69, 9.17) is 4.74 Å². The van der Waals surface area contributed by atoms with Crippen molar-refractivity contribution in [2.24, 2.45) is 0 Å². The Morgan fingerprint density at radius 2 is 1.88 bits per heavy atom. The molecule has 1 heterocycles. The van der Waals surface area contributed by atoms with Crippen LogP contribution in [-0.2, 0) is 16.1 Å². The van der Waals surface area contributed by atoms with Crippen molar-refractivity contribution in [3.63, 3.8) is 0 Å². The minimum Gasteiger partial charge on any atom is -0.460 e. The zero-order valence-corrected chi connectivity index (χ0v) is 14.2. The average molecular weight is 371 g/mol. The lowest BCUT2D eigenvalue weighted by Crippen LogP contribution is -2.08. The largest absolute Gasteiger partial charge is 0.460 e. The summed E-state index contributed by atoms with van der Waals surface area (Å²) in [6, 6.07) is 15.2. The maximum absolute atomic E-state index is 11.9. The van der Waals surface area contributed by atoms with Gasteiger partial charge in [-0.15, -0.1) is 5.10 Å². The highest BCUT2D eigenvalue weighted by Crippen LogP contribution is 2.18. The predicted octanol–water partition coefficient (Wildman–Crippen LogP) is 2.41. The number of tetrazole rings is 1. The van der Waals surface area contributed by atoms with Gasteiger partial charge < -0.3 is 4.74 Å². The van der Waals surface area contributed by atoms with Crippen LogP contribution in [0.5, 0.6) is 0 Å². The van der Waals surface area contributed by atoms with Gasteiger partial charge in [0, 0.05) is 12.1 Å². The van der Waals surface area contributed by atoms with Gasteiger partial charge in [-0.1, -0.05) is 30.0 Å². The molecule has 2 aromatic carbocycles. The van der Waals surface area contributed by atoms with E-state index in [9.17, 15) is 14.9 Å². The average Bonchev–Trinajstić information content (AvgIpc) is 3.14. The van der Waals surface area contributed by atoms with Crippen molar-refractivity contribution in [3.05, 3.63) is 70.3 Å². The Morgan fingerprint density at radius 1 is 1.15 bits per heavy atom. The topological polar surface area (TPSA) is 113 Å². The number of hydrogen-bond donors (Lipinski definition) is 0. The molecule has 26 heavy (non-hydrogen) atoms. The number of thioether (sulfide) groups is 1. The van der Waals surface area contributed by atoms with E-state index in [-0.39, 0.29) is 18.0 Å². The lowest BCUT2D eigenvalue weighted by Gasteiger charge is -2.05. The molecule has 0 atom stereocenters. The normalized spacial score (nSPS) is 10.5. The summed E-state index contributed by atoms with van der Waals surface area (Å²) in [6.07, 6.45) is 0. The molecular formula is C16H13N5O4S. The van der Waals surface area contributed by atoms with Gasteiger partial charge in [0.15, 0.2) is 0 Å². The number of non-ortho nitro benzene ring substituents is 1. The fourth-order valence-electron chi connectivity index (χ4n) is 2.04. The molecular weight excluding hydrogens is 358 g/mol. The number of carbonyl (C=O) groups excluding carboxylic acids is 1. The number of nitro benzene ring substituents is 1. The van der Waals surface area contributed by atoms with E-state index in [1.54, 1.807) is 12.1 Å². The van der Waals surface area contributed by atoms with Crippen LogP contribution in [0.1, 0.15) is 5.56 Å². The second-order valence-electron chi connectivity index (χ2n) is 5.08. The summed E-state index contributed by atoms with van der Waals surface area (Å²) in [5, 5.41) is 22.5. The molecule has 0 saturated heterocycles. The predicted molar refractivity (Wildman–Crippen MR) is 92.8 cm³/mol. The fourth-order valence-corrected chi connectivity index (χ4v) is 2.73. The van der Waals surface area contributed by atoms with Gasteiger partial charge in [-0.25, -0.2) is 0 Å². The third-order valence-corrected chi connectivity index (χ3v) is 4.20. The molecule has 0 spiro atoms. The summed E-state index contributed by atoms with van der Waals surface area (Å²) in [7, 11) is 0. The molecule has 1 aromatic heterocycles. The molecule has 3 rings (SSSR count). The Morgan fingerprint density at radius 3 is 2.58 bits per heavy atom. The SMILES string of the molecule is O=C(CSc1nnnn1-c1ccccc1)OCc1ccc([N+](=O)[O-])cc1. The molecule has 10 heteroatoms. The zero-order valence-electron chi connectivity index (χ0n) is 13.4. The summed E-state index contributed by atoms with van der Waals surface area (Å²) in [4.78, 5) is 22.0. The fraction of sp³-hybridized carbons (Fsp3) is 0.125. The highest BCUT2D eigenvalue weighted by Gasteiger charge is 2.12. The maximum Gasteiger partial charge on any atom is 0.316 e. The monoisotopic (exact) mass is 371 g/mol. The van der Waals surface area contributed by atoms with Crippen molar-refractivity contribution in [2.75, 3.05) is 5.75 Å². The summed E-state index contributed by atoms with van der Waals surface area (Å²) >= 11 is 1.16. The highest BCUT2D eigenvalue weighted by atomic mass is 32.2. The van der Waals surface area contributed by atoms with Crippen molar-refractivity contribution < 1.29 is 14.5 Å². The Balaban J connectivity index is 1.52. The molecule has 3 aromatic rings. The number of para-hydroxylation sites is 1. The molecule has 9 nitrogen and oxygen atoms in total. The number of ether oxygens (including phenoxy) is 1. The van der Waals surface area contributed by atoms with E-state index in [2.05, 4.69) is 15.5 Å². The van der Waals surface area contributed by atoms with E-state index in [0.717, 1.165) is 17.4 Å². The van der Waals surface area contributed by atoms with Crippen LogP contribution in [0.25, 0.3) is 5.69 Å². The van der Waals surface area contributed by atoms with Gasteiger partial charge in [0.2, 0.25) is 5.16 Å². The number of aromatic nitrogens is 4. The van der Waals surface area contributed by atoms with Crippen LogP contribution in [0.2, 0.25) is 0 Å². The summed E-state index contributed by atoms with van der Waals surface area (Å²) in [5.41, 5.74) is 1.45. The molecule has 0 aliphatic carbocycles. The van der Waals surface area contributed by atoms with Crippen LogP contribution in [0.15, 0.2) is 59.8 Å². The minimum atomic E-state index is -0.483. The number of carbonyl (C=O) groups is 1. The lowest BCUT2D eigenvalue weighted by molar-refractivity contribution is -0.384. The quantitative estimate of drug-likeness (QED) is 0.269. The van der Waals surface area contributed by atoms with Crippen LogP contribution in [-0.4, -0.2) is 36.9 Å². The third-order valence-electron chi connectivity index (χ3n) is 3.31. The van der Waals surface area contributed by atoms with Crippen LogP contribution in [0.4, 0.5) is 5.69 Å². The standard InChI is InChI=1S/C16H13N5O4S/c22-15(25-10-12-6-8-14(9-7-12)21(23)24)11-26-16-17-18-19-20(16)13-4-2-1-3-5-13/h1-9H,10-11H2. The molecule has 0 aliphatic rings. The molecule has 0 bridgehead atoms. The molecule has 0 amide bonds. The lowest BCUT2D eigenvalue weighted by atomic mass is 10.2. The molecule has 0 fully saturated rings. The van der Waals surface area contributed by atoms with Crippen molar-refractivity contribution in [3.8, 4) is 5.69 Å². The summed E-state index contributed by atoms with van der Waals surface area (Å²) in [5.74, 6) is -0.392. The van der Waals surface area contributed by atoms with Gasteiger partial charge in [0.05, 0.1) is 16.4 Å². The third kappa shape index (κ3) is 4.42. The van der Waals surface area contributed by atoms with Crippen LogP contribution < -0.4 is 0 Å². The molecule has 0 aliphatic heterocycles. The van der Waals surface area contributed by atoms with Gasteiger partial charge in [0.25, 0.3) is 5.69 Å². The van der Waals surface area contributed by atoms with E-state index in [1.807, 2.05) is 30.3 Å². The van der Waals surface area contributed by atoms with Gasteiger partial charge in [-0.2, -0.15) is 4.68 Å². The molecule has 0 saturated carbocycles. The first-order chi connectivity index (χ1) is 12.6. The first-order valence-electron chi connectivity index (χ1n) is 7.49. The Labute approximate surface area is 152 Å². The van der Waals surface area contributed by atoms with Crippen molar-refractivity contribution in [2.45, 2.75) is 11.8 Å². The van der Waals surface area contributed by atoms with Gasteiger partial charge in [0.1, 0.15) is 6.61 Å².